The van der Waals surface area contributed by atoms with Gasteiger partial charge in [-0.2, -0.15) is 0 Å². The molecule has 0 unspecified atom stereocenters. The van der Waals surface area contributed by atoms with Crippen LogP contribution in [0.5, 0.6) is 5.75 Å². The van der Waals surface area contributed by atoms with E-state index in [9.17, 15) is 4.79 Å². The summed E-state index contributed by atoms with van der Waals surface area (Å²) in [7, 11) is 1.63. The smallest absolute Gasteiger partial charge is 0.257 e. The Morgan fingerprint density at radius 3 is 2.76 bits per heavy atom. The van der Waals surface area contributed by atoms with E-state index in [1.54, 1.807) is 7.11 Å². The number of methoxy groups -OCH3 is 1. The Morgan fingerprint density at radius 1 is 1.33 bits per heavy atom. The zero-order valence-electron chi connectivity index (χ0n) is 12.6. The first-order valence-electron chi connectivity index (χ1n) is 7.31. The van der Waals surface area contributed by atoms with Crippen molar-refractivity contribution in [3.63, 3.8) is 0 Å². The summed E-state index contributed by atoms with van der Waals surface area (Å²) in [5.74, 6) is 1.28. The molecule has 0 bridgehead atoms. The Bertz CT molecular complexity index is 497. The van der Waals surface area contributed by atoms with Crippen molar-refractivity contribution in [2.45, 2.75) is 26.2 Å². The maximum Gasteiger partial charge on any atom is 0.257 e. The number of allylic oxidation sites excluding steroid dienone is 2. The van der Waals surface area contributed by atoms with Gasteiger partial charge in [-0.1, -0.05) is 13.0 Å². The second-order valence-corrected chi connectivity index (χ2v) is 5.32. The highest BCUT2D eigenvalue weighted by Crippen LogP contribution is 2.20. The summed E-state index contributed by atoms with van der Waals surface area (Å²) in [6, 6.07) is 7.47. The molecule has 1 amide bonds. The SMILES string of the molecule is COc1ccc(NCC(=O)NNC2=C[C@H](C)CCC2)cc1. The molecular weight excluding hydrogens is 266 g/mol. The Kier molecular flexibility index (Phi) is 5.49. The number of benzene rings is 1. The predicted octanol–water partition coefficient (Wildman–Crippen LogP) is 2.43. The summed E-state index contributed by atoms with van der Waals surface area (Å²) in [6.45, 7) is 2.41. The zero-order chi connectivity index (χ0) is 15.1. The number of nitrogens with one attached hydrogen (secondary N) is 3. The predicted molar refractivity (Wildman–Crippen MR) is 83.9 cm³/mol. The number of carbonyl (C=O) groups excluding carboxylic acids is 1. The molecule has 1 atom stereocenters. The topological polar surface area (TPSA) is 62.4 Å². The third kappa shape index (κ3) is 5.02. The third-order valence-electron chi connectivity index (χ3n) is 3.50. The van der Waals surface area contributed by atoms with Gasteiger partial charge in [-0.3, -0.25) is 10.2 Å². The van der Waals surface area contributed by atoms with Crippen LogP contribution in [0.25, 0.3) is 0 Å². The molecule has 1 aliphatic rings. The highest BCUT2D eigenvalue weighted by atomic mass is 16.5. The molecule has 1 aliphatic carbocycles. The van der Waals surface area contributed by atoms with Crippen molar-refractivity contribution in [1.29, 1.82) is 0 Å². The van der Waals surface area contributed by atoms with Crippen molar-refractivity contribution in [3.05, 3.63) is 36.0 Å². The Hall–Kier alpha value is -2.17. The van der Waals surface area contributed by atoms with Gasteiger partial charge in [0.1, 0.15) is 5.75 Å². The fourth-order valence-corrected chi connectivity index (χ4v) is 2.31. The molecule has 1 aromatic carbocycles. The van der Waals surface area contributed by atoms with Gasteiger partial charge in [-0.25, -0.2) is 0 Å². The molecule has 1 aromatic rings. The van der Waals surface area contributed by atoms with Gasteiger partial charge in [0.25, 0.3) is 5.91 Å². The van der Waals surface area contributed by atoms with Gasteiger partial charge in [-0.05, 0) is 49.4 Å². The van der Waals surface area contributed by atoms with Gasteiger partial charge in [0, 0.05) is 11.4 Å². The molecule has 3 N–H and O–H groups in total. The molecule has 0 fully saturated rings. The quantitative estimate of drug-likeness (QED) is 0.704. The summed E-state index contributed by atoms with van der Waals surface area (Å²) in [4.78, 5) is 11.8. The van der Waals surface area contributed by atoms with Gasteiger partial charge >= 0.3 is 0 Å². The van der Waals surface area contributed by atoms with Crippen LogP contribution in [-0.4, -0.2) is 19.6 Å². The largest absolute Gasteiger partial charge is 0.497 e. The number of hydrogen-bond donors (Lipinski definition) is 3. The van der Waals surface area contributed by atoms with Crippen LogP contribution < -0.4 is 20.9 Å². The normalized spacial score (nSPS) is 17.6. The standard InChI is InChI=1S/C16H23N3O2/c1-12-4-3-5-14(10-12)18-19-16(20)11-17-13-6-8-15(21-2)9-7-13/h6-10,12,17-18H,3-5,11H2,1-2H3,(H,19,20)/t12-/m1/s1. The van der Waals surface area contributed by atoms with Crippen LogP contribution in [0, 0.1) is 5.92 Å². The van der Waals surface area contributed by atoms with E-state index in [1.165, 1.54) is 12.8 Å². The second-order valence-electron chi connectivity index (χ2n) is 5.32. The molecule has 0 radical (unpaired) electrons. The molecule has 2 rings (SSSR count). The lowest BCUT2D eigenvalue weighted by Gasteiger charge is -2.19. The molecule has 0 aliphatic heterocycles. The van der Waals surface area contributed by atoms with Crippen LogP contribution in [-0.2, 0) is 4.79 Å². The summed E-state index contributed by atoms with van der Waals surface area (Å²) in [5, 5.41) is 3.07. The van der Waals surface area contributed by atoms with E-state index in [4.69, 9.17) is 4.74 Å². The minimum Gasteiger partial charge on any atom is -0.497 e. The van der Waals surface area contributed by atoms with E-state index >= 15 is 0 Å². The number of anilines is 1. The maximum atomic E-state index is 11.8. The van der Waals surface area contributed by atoms with E-state index in [0.29, 0.717) is 5.92 Å². The van der Waals surface area contributed by atoms with Crippen molar-refractivity contribution in [2.24, 2.45) is 5.92 Å². The molecule has 5 heteroatoms. The van der Waals surface area contributed by atoms with Crippen LogP contribution in [0.3, 0.4) is 0 Å². The van der Waals surface area contributed by atoms with Crippen LogP contribution in [0.15, 0.2) is 36.0 Å². The van der Waals surface area contributed by atoms with Crippen LogP contribution >= 0.6 is 0 Å². The highest BCUT2D eigenvalue weighted by molar-refractivity contribution is 5.80. The fraction of sp³-hybridized carbons (Fsp3) is 0.438. The Morgan fingerprint density at radius 2 is 2.10 bits per heavy atom. The number of ether oxygens (including phenoxy) is 1. The van der Waals surface area contributed by atoms with Crippen molar-refractivity contribution in [2.75, 3.05) is 19.0 Å². The van der Waals surface area contributed by atoms with Crippen molar-refractivity contribution in [3.8, 4) is 5.75 Å². The second kappa shape index (κ2) is 7.57. The van der Waals surface area contributed by atoms with Gasteiger partial charge in [-0.15, -0.1) is 0 Å². The van der Waals surface area contributed by atoms with Gasteiger partial charge < -0.3 is 15.5 Å². The first-order chi connectivity index (χ1) is 10.2. The zero-order valence-corrected chi connectivity index (χ0v) is 12.6. The van der Waals surface area contributed by atoms with E-state index in [-0.39, 0.29) is 12.5 Å². The van der Waals surface area contributed by atoms with Crippen molar-refractivity contribution >= 4 is 11.6 Å². The molecule has 0 spiro atoms. The molecule has 21 heavy (non-hydrogen) atoms. The van der Waals surface area contributed by atoms with Crippen LogP contribution in [0.4, 0.5) is 5.69 Å². The van der Waals surface area contributed by atoms with E-state index in [0.717, 1.165) is 23.6 Å². The lowest BCUT2D eigenvalue weighted by atomic mass is 9.96. The van der Waals surface area contributed by atoms with Gasteiger partial charge in [0.05, 0.1) is 13.7 Å². The average molecular weight is 289 g/mol. The average Bonchev–Trinajstić information content (AvgIpc) is 2.51. The molecule has 0 saturated heterocycles. The molecule has 0 saturated carbocycles. The van der Waals surface area contributed by atoms with Crippen LogP contribution in [0.1, 0.15) is 26.2 Å². The van der Waals surface area contributed by atoms with E-state index in [2.05, 4.69) is 29.2 Å². The summed E-state index contributed by atoms with van der Waals surface area (Å²) < 4.78 is 5.09. The monoisotopic (exact) mass is 289 g/mol. The summed E-state index contributed by atoms with van der Waals surface area (Å²) >= 11 is 0. The van der Waals surface area contributed by atoms with E-state index in [1.807, 2.05) is 24.3 Å². The van der Waals surface area contributed by atoms with Gasteiger partial charge in [0.2, 0.25) is 0 Å². The minimum atomic E-state index is -0.0926. The number of amides is 1. The molecule has 5 nitrogen and oxygen atoms in total. The molecule has 0 heterocycles. The first-order valence-corrected chi connectivity index (χ1v) is 7.31. The third-order valence-corrected chi connectivity index (χ3v) is 3.50. The molecular formula is C16H23N3O2. The van der Waals surface area contributed by atoms with E-state index < -0.39 is 0 Å². The first kappa shape index (κ1) is 15.2. The fourth-order valence-electron chi connectivity index (χ4n) is 2.31. The van der Waals surface area contributed by atoms with Crippen LogP contribution in [0.2, 0.25) is 0 Å². The van der Waals surface area contributed by atoms with Gasteiger partial charge in [0.15, 0.2) is 0 Å². The summed E-state index contributed by atoms with van der Waals surface area (Å²) in [6.07, 6.45) is 5.56. The molecule has 114 valence electrons. The summed E-state index contributed by atoms with van der Waals surface area (Å²) in [5.41, 5.74) is 7.72. The number of hydrazine groups is 1. The number of carbonyl (C=O) groups is 1. The van der Waals surface area contributed by atoms with Crippen molar-refractivity contribution in [1.82, 2.24) is 10.9 Å². The lowest BCUT2D eigenvalue weighted by molar-refractivity contribution is -0.120. The highest BCUT2D eigenvalue weighted by Gasteiger charge is 2.09. The maximum absolute atomic E-state index is 11.8. The Labute approximate surface area is 125 Å². The Balaban J connectivity index is 1.71. The molecule has 0 aromatic heterocycles. The lowest BCUT2D eigenvalue weighted by Crippen LogP contribution is -2.40. The number of hydrogen-bond acceptors (Lipinski definition) is 4. The number of rotatable bonds is 6. The van der Waals surface area contributed by atoms with Crippen molar-refractivity contribution < 1.29 is 9.53 Å². The minimum absolute atomic E-state index is 0.0926.